The minimum Gasteiger partial charge on any atom is -0.493 e. The fourth-order valence-corrected chi connectivity index (χ4v) is 5.01. The molecule has 0 radical (unpaired) electrons. The zero-order chi connectivity index (χ0) is 21.1. The van der Waals surface area contributed by atoms with Crippen LogP contribution in [0.4, 0.5) is 0 Å². The number of thiazole rings is 1. The van der Waals surface area contributed by atoms with Crippen molar-refractivity contribution in [3.63, 3.8) is 0 Å². The van der Waals surface area contributed by atoms with Gasteiger partial charge in [-0.3, -0.25) is 9.69 Å². The van der Waals surface area contributed by atoms with Crippen LogP contribution in [0.15, 0.2) is 42.5 Å². The molecule has 1 aromatic heterocycles. The first-order valence-corrected chi connectivity index (χ1v) is 11.0. The number of benzene rings is 2. The second-order valence-corrected chi connectivity index (χ2v) is 8.62. The molecule has 0 spiro atoms. The van der Waals surface area contributed by atoms with E-state index >= 15 is 0 Å². The van der Waals surface area contributed by atoms with Gasteiger partial charge in [-0.1, -0.05) is 12.1 Å². The third-order valence-corrected chi connectivity index (χ3v) is 6.54. The van der Waals surface area contributed by atoms with Crippen LogP contribution in [0.3, 0.4) is 0 Å². The summed E-state index contributed by atoms with van der Waals surface area (Å²) in [6, 6.07) is 13.5. The fraction of sp³-hybridized carbons (Fsp3) is 0.391. The van der Waals surface area contributed by atoms with Gasteiger partial charge in [0.15, 0.2) is 17.3 Å². The van der Waals surface area contributed by atoms with Gasteiger partial charge in [-0.25, -0.2) is 4.98 Å². The number of methoxy groups -OCH3 is 1. The van der Waals surface area contributed by atoms with Gasteiger partial charge >= 0.3 is 0 Å². The van der Waals surface area contributed by atoms with Crippen molar-refractivity contribution in [1.29, 1.82) is 0 Å². The van der Waals surface area contributed by atoms with Crippen molar-refractivity contribution in [3.8, 4) is 11.5 Å². The highest BCUT2D eigenvalue weighted by molar-refractivity contribution is 7.18. The van der Waals surface area contributed by atoms with Crippen LogP contribution >= 0.6 is 11.3 Å². The maximum absolute atomic E-state index is 11.5. The molecule has 0 bridgehead atoms. The molecular weight excluding hydrogens is 400 g/mol. The number of β-amino-alcohol motifs (C(OH)–C–C–N with tert-alkyl or cyclic N) is 1. The SMILES string of the molecule is COc1cc(C(C)=O)ccc1OCC(O)CN1CCCC1c1nc2ccccc2s1. The van der Waals surface area contributed by atoms with E-state index in [1.807, 2.05) is 18.2 Å². The lowest BCUT2D eigenvalue weighted by Crippen LogP contribution is -2.35. The number of ether oxygens (including phenoxy) is 2. The number of aliphatic hydroxyl groups excluding tert-OH is 1. The van der Waals surface area contributed by atoms with Crippen LogP contribution in [-0.2, 0) is 0 Å². The molecule has 158 valence electrons. The molecule has 2 aromatic carbocycles. The summed E-state index contributed by atoms with van der Waals surface area (Å²) in [6.07, 6.45) is 1.50. The Morgan fingerprint density at radius 2 is 2.13 bits per heavy atom. The van der Waals surface area contributed by atoms with Crippen LogP contribution in [0.25, 0.3) is 10.2 Å². The number of rotatable bonds is 8. The highest BCUT2D eigenvalue weighted by atomic mass is 32.1. The zero-order valence-corrected chi connectivity index (χ0v) is 18.0. The van der Waals surface area contributed by atoms with Gasteiger partial charge in [-0.05, 0) is 56.6 Å². The van der Waals surface area contributed by atoms with Gasteiger partial charge < -0.3 is 14.6 Å². The van der Waals surface area contributed by atoms with Gasteiger partial charge in [0.2, 0.25) is 0 Å². The van der Waals surface area contributed by atoms with Crippen LogP contribution in [0.5, 0.6) is 11.5 Å². The lowest BCUT2D eigenvalue weighted by molar-refractivity contribution is 0.0629. The van der Waals surface area contributed by atoms with E-state index in [4.69, 9.17) is 14.5 Å². The number of hydrogen-bond donors (Lipinski definition) is 1. The Morgan fingerprint density at radius 3 is 2.90 bits per heavy atom. The smallest absolute Gasteiger partial charge is 0.161 e. The second kappa shape index (κ2) is 9.12. The summed E-state index contributed by atoms with van der Waals surface area (Å²) < 4.78 is 12.3. The Balaban J connectivity index is 1.38. The molecule has 1 aliphatic rings. The average molecular weight is 427 g/mol. The fourth-order valence-electron chi connectivity index (χ4n) is 3.87. The summed E-state index contributed by atoms with van der Waals surface area (Å²) in [4.78, 5) is 18.6. The highest BCUT2D eigenvalue weighted by Crippen LogP contribution is 2.36. The lowest BCUT2D eigenvalue weighted by atomic mass is 10.1. The van der Waals surface area contributed by atoms with E-state index in [0.29, 0.717) is 23.6 Å². The number of fused-ring (bicyclic) bond motifs is 1. The first-order chi connectivity index (χ1) is 14.5. The molecule has 1 saturated heterocycles. The summed E-state index contributed by atoms with van der Waals surface area (Å²) in [5, 5.41) is 11.7. The molecule has 1 fully saturated rings. The molecule has 3 aromatic rings. The number of likely N-dealkylation sites (tertiary alicyclic amines) is 1. The lowest BCUT2D eigenvalue weighted by Gasteiger charge is -2.25. The molecule has 0 saturated carbocycles. The molecule has 2 atom stereocenters. The minimum atomic E-state index is -0.642. The third kappa shape index (κ3) is 4.48. The Morgan fingerprint density at radius 1 is 1.30 bits per heavy atom. The average Bonchev–Trinajstić information content (AvgIpc) is 3.38. The predicted molar refractivity (Wildman–Crippen MR) is 118 cm³/mol. The molecule has 6 nitrogen and oxygen atoms in total. The molecule has 7 heteroatoms. The number of ketones is 1. The monoisotopic (exact) mass is 426 g/mol. The quantitative estimate of drug-likeness (QED) is 0.547. The number of carbonyl (C=O) groups excluding carboxylic acids is 1. The molecule has 0 amide bonds. The van der Waals surface area contributed by atoms with Gasteiger partial charge in [0.1, 0.15) is 17.7 Å². The van der Waals surface area contributed by atoms with Crippen molar-refractivity contribution in [2.24, 2.45) is 0 Å². The maximum atomic E-state index is 11.5. The summed E-state index contributed by atoms with van der Waals surface area (Å²) in [7, 11) is 1.54. The molecule has 4 rings (SSSR count). The molecule has 2 unspecified atom stereocenters. The topological polar surface area (TPSA) is 71.9 Å². The van der Waals surface area contributed by atoms with Gasteiger partial charge in [-0.2, -0.15) is 0 Å². The minimum absolute atomic E-state index is 0.0326. The Kier molecular flexibility index (Phi) is 6.32. The van der Waals surface area contributed by atoms with Gasteiger partial charge in [0.05, 0.1) is 23.4 Å². The zero-order valence-electron chi connectivity index (χ0n) is 17.2. The van der Waals surface area contributed by atoms with Crippen molar-refractivity contribution in [1.82, 2.24) is 9.88 Å². The Bertz CT molecular complexity index is 1000. The van der Waals surface area contributed by atoms with E-state index in [1.54, 1.807) is 29.5 Å². The van der Waals surface area contributed by atoms with Crippen molar-refractivity contribution in [2.45, 2.75) is 31.9 Å². The first-order valence-electron chi connectivity index (χ1n) is 10.1. The van der Waals surface area contributed by atoms with Gasteiger partial charge in [0, 0.05) is 12.1 Å². The van der Waals surface area contributed by atoms with E-state index in [2.05, 4.69) is 11.0 Å². The molecule has 2 heterocycles. The largest absolute Gasteiger partial charge is 0.493 e. The van der Waals surface area contributed by atoms with E-state index in [0.717, 1.165) is 29.9 Å². The van der Waals surface area contributed by atoms with Gasteiger partial charge in [0.25, 0.3) is 0 Å². The molecule has 1 aliphatic heterocycles. The van der Waals surface area contributed by atoms with E-state index < -0.39 is 6.10 Å². The van der Waals surface area contributed by atoms with Crippen LogP contribution in [-0.4, -0.2) is 53.7 Å². The van der Waals surface area contributed by atoms with Crippen LogP contribution in [0.1, 0.15) is 41.2 Å². The number of Topliss-reactive ketones (excluding diaryl/α,β-unsaturated/α-hetero) is 1. The highest BCUT2D eigenvalue weighted by Gasteiger charge is 2.30. The van der Waals surface area contributed by atoms with E-state index in [-0.39, 0.29) is 18.4 Å². The number of aliphatic hydroxyl groups is 1. The van der Waals surface area contributed by atoms with Crippen molar-refractivity contribution in [3.05, 3.63) is 53.0 Å². The van der Waals surface area contributed by atoms with Crippen molar-refractivity contribution < 1.29 is 19.4 Å². The summed E-state index contributed by atoms with van der Waals surface area (Å²) >= 11 is 1.73. The second-order valence-electron chi connectivity index (χ2n) is 7.56. The number of aromatic nitrogens is 1. The molecule has 1 N–H and O–H groups in total. The standard InChI is InChI=1S/C23H26N2O4S/c1-15(26)16-9-10-20(21(12-16)28-2)29-14-17(27)13-25-11-5-7-19(25)23-24-18-6-3-4-8-22(18)30-23/h3-4,6,8-10,12,17,19,27H,5,7,11,13-14H2,1-2H3. The Labute approximate surface area is 180 Å². The van der Waals surface area contributed by atoms with Gasteiger partial charge in [-0.15, -0.1) is 11.3 Å². The third-order valence-electron chi connectivity index (χ3n) is 5.41. The molecule has 30 heavy (non-hydrogen) atoms. The number of nitrogens with zero attached hydrogens (tertiary/aromatic N) is 2. The normalized spacial score (nSPS) is 17.9. The van der Waals surface area contributed by atoms with E-state index in [9.17, 15) is 9.90 Å². The number of para-hydroxylation sites is 1. The summed E-state index contributed by atoms with van der Waals surface area (Å²) in [5.41, 5.74) is 1.60. The van der Waals surface area contributed by atoms with Crippen LogP contribution < -0.4 is 9.47 Å². The Hall–Kier alpha value is -2.48. The molecule has 0 aliphatic carbocycles. The number of carbonyl (C=O) groups is 1. The first kappa shape index (κ1) is 20.8. The number of hydrogen-bond acceptors (Lipinski definition) is 7. The van der Waals surface area contributed by atoms with Crippen LogP contribution in [0.2, 0.25) is 0 Å². The van der Waals surface area contributed by atoms with Crippen LogP contribution in [0, 0.1) is 0 Å². The van der Waals surface area contributed by atoms with Crippen molar-refractivity contribution >= 4 is 27.3 Å². The van der Waals surface area contributed by atoms with Crippen molar-refractivity contribution in [2.75, 3.05) is 26.8 Å². The maximum Gasteiger partial charge on any atom is 0.161 e. The molecular formula is C23H26N2O4S. The predicted octanol–water partition coefficient (Wildman–Crippen LogP) is 4.08. The van der Waals surface area contributed by atoms with E-state index in [1.165, 1.54) is 18.7 Å². The summed E-state index contributed by atoms with van der Waals surface area (Å²) in [5.74, 6) is 0.976. The summed E-state index contributed by atoms with van der Waals surface area (Å²) in [6.45, 7) is 3.12.